The number of aliphatic hydroxyl groups excluding tert-OH is 1. The number of rotatable bonds is 5. The van der Waals surface area contributed by atoms with Gasteiger partial charge in [0, 0.05) is 12.6 Å². The van der Waals surface area contributed by atoms with Gasteiger partial charge in [0.25, 0.3) is 0 Å². The third-order valence-electron chi connectivity index (χ3n) is 3.07. The van der Waals surface area contributed by atoms with E-state index in [4.69, 9.17) is 0 Å². The SMILES string of the molecule is CCC(CC)C(O)c1ccc(NC(C)=O)cc1. The third-order valence-corrected chi connectivity index (χ3v) is 3.07. The monoisotopic (exact) mass is 235 g/mol. The Morgan fingerprint density at radius 1 is 1.24 bits per heavy atom. The zero-order chi connectivity index (χ0) is 12.8. The van der Waals surface area contributed by atoms with Gasteiger partial charge in [0.15, 0.2) is 0 Å². The van der Waals surface area contributed by atoms with Gasteiger partial charge < -0.3 is 10.4 Å². The first-order chi connectivity index (χ1) is 8.08. The van der Waals surface area contributed by atoms with Crippen molar-refractivity contribution in [3.63, 3.8) is 0 Å². The Labute approximate surface area is 103 Å². The first-order valence-corrected chi connectivity index (χ1v) is 6.14. The van der Waals surface area contributed by atoms with Crippen LogP contribution in [-0.4, -0.2) is 11.0 Å². The lowest BCUT2D eigenvalue weighted by Gasteiger charge is -2.20. The molecule has 0 heterocycles. The lowest BCUT2D eigenvalue weighted by atomic mass is 9.91. The van der Waals surface area contributed by atoms with Crippen LogP contribution in [0.2, 0.25) is 0 Å². The second kappa shape index (κ2) is 6.40. The summed E-state index contributed by atoms with van der Waals surface area (Å²) in [6.45, 7) is 5.65. The molecule has 0 radical (unpaired) electrons. The Balaban J connectivity index is 2.76. The Kier molecular flexibility index (Phi) is 5.16. The van der Waals surface area contributed by atoms with Gasteiger partial charge in [0.2, 0.25) is 5.91 Å². The molecule has 1 unspecified atom stereocenters. The minimum absolute atomic E-state index is 0.0849. The van der Waals surface area contributed by atoms with Gasteiger partial charge in [-0.25, -0.2) is 0 Å². The summed E-state index contributed by atoms with van der Waals surface area (Å²) in [6, 6.07) is 7.38. The third kappa shape index (κ3) is 3.86. The Hall–Kier alpha value is -1.35. The minimum Gasteiger partial charge on any atom is -0.388 e. The summed E-state index contributed by atoms with van der Waals surface area (Å²) >= 11 is 0. The van der Waals surface area contributed by atoms with Crippen LogP contribution in [0.3, 0.4) is 0 Å². The number of benzene rings is 1. The quantitative estimate of drug-likeness (QED) is 0.823. The molecule has 94 valence electrons. The van der Waals surface area contributed by atoms with Crippen molar-refractivity contribution in [2.75, 3.05) is 5.32 Å². The van der Waals surface area contributed by atoms with Gasteiger partial charge in [-0.3, -0.25) is 4.79 Å². The first kappa shape index (κ1) is 13.7. The Morgan fingerprint density at radius 3 is 2.18 bits per heavy atom. The number of hydrogen-bond acceptors (Lipinski definition) is 2. The summed E-state index contributed by atoms with van der Waals surface area (Å²) in [5.41, 5.74) is 1.67. The second-order valence-corrected chi connectivity index (χ2v) is 4.32. The molecule has 0 saturated heterocycles. The first-order valence-electron chi connectivity index (χ1n) is 6.14. The second-order valence-electron chi connectivity index (χ2n) is 4.32. The van der Waals surface area contributed by atoms with Crippen molar-refractivity contribution < 1.29 is 9.90 Å². The van der Waals surface area contributed by atoms with Crippen molar-refractivity contribution in [2.24, 2.45) is 5.92 Å². The molecule has 0 aromatic heterocycles. The molecule has 0 spiro atoms. The fraction of sp³-hybridized carbons (Fsp3) is 0.500. The van der Waals surface area contributed by atoms with Gasteiger partial charge in [0.1, 0.15) is 0 Å². The molecule has 0 aliphatic rings. The summed E-state index contributed by atoms with van der Waals surface area (Å²) < 4.78 is 0. The molecule has 0 aliphatic heterocycles. The van der Waals surface area contributed by atoms with E-state index < -0.39 is 6.10 Å². The largest absolute Gasteiger partial charge is 0.388 e. The van der Waals surface area contributed by atoms with Crippen molar-refractivity contribution in [3.05, 3.63) is 29.8 Å². The smallest absolute Gasteiger partial charge is 0.221 e. The minimum atomic E-state index is -0.420. The van der Waals surface area contributed by atoms with Crippen molar-refractivity contribution in [1.29, 1.82) is 0 Å². The maximum Gasteiger partial charge on any atom is 0.221 e. The highest BCUT2D eigenvalue weighted by molar-refractivity contribution is 5.88. The number of aliphatic hydroxyl groups is 1. The maximum absolute atomic E-state index is 10.9. The van der Waals surface area contributed by atoms with E-state index in [1.165, 1.54) is 6.92 Å². The summed E-state index contributed by atoms with van der Waals surface area (Å²) in [5, 5.41) is 12.9. The number of carbonyl (C=O) groups is 1. The summed E-state index contributed by atoms with van der Waals surface area (Å²) in [6.07, 6.45) is 1.51. The van der Waals surface area contributed by atoms with E-state index in [1.807, 2.05) is 24.3 Å². The lowest BCUT2D eigenvalue weighted by molar-refractivity contribution is -0.114. The van der Waals surface area contributed by atoms with Crippen molar-refractivity contribution in [2.45, 2.75) is 39.7 Å². The van der Waals surface area contributed by atoms with Crippen LogP contribution in [0.5, 0.6) is 0 Å². The average Bonchev–Trinajstić information content (AvgIpc) is 2.30. The van der Waals surface area contributed by atoms with Crippen LogP contribution in [0, 0.1) is 5.92 Å². The summed E-state index contributed by atoms with van der Waals surface area (Å²) in [5.74, 6) is 0.208. The summed E-state index contributed by atoms with van der Waals surface area (Å²) in [4.78, 5) is 10.9. The molecule has 1 atom stereocenters. The lowest BCUT2D eigenvalue weighted by Crippen LogP contribution is -2.11. The number of hydrogen-bond donors (Lipinski definition) is 2. The van der Waals surface area contributed by atoms with Crippen LogP contribution in [0.15, 0.2) is 24.3 Å². The molecular formula is C14H21NO2. The van der Waals surface area contributed by atoms with E-state index in [2.05, 4.69) is 19.2 Å². The van der Waals surface area contributed by atoms with Crippen LogP contribution in [0.25, 0.3) is 0 Å². The number of nitrogens with one attached hydrogen (secondary N) is 1. The number of amides is 1. The molecule has 1 rings (SSSR count). The summed E-state index contributed by atoms with van der Waals surface area (Å²) in [7, 11) is 0. The maximum atomic E-state index is 10.9. The van der Waals surface area contributed by atoms with E-state index in [9.17, 15) is 9.90 Å². The van der Waals surface area contributed by atoms with Crippen LogP contribution in [0.4, 0.5) is 5.69 Å². The van der Waals surface area contributed by atoms with Gasteiger partial charge >= 0.3 is 0 Å². The molecule has 0 bridgehead atoms. The van der Waals surface area contributed by atoms with E-state index in [0.717, 1.165) is 24.1 Å². The zero-order valence-corrected chi connectivity index (χ0v) is 10.7. The van der Waals surface area contributed by atoms with Crippen molar-refractivity contribution in [1.82, 2.24) is 0 Å². The van der Waals surface area contributed by atoms with Gasteiger partial charge in [0.05, 0.1) is 6.10 Å². The van der Waals surface area contributed by atoms with Crippen molar-refractivity contribution in [3.8, 4) is 0 Å². The molecule has 0 fully saturated rings. The average molecular weight is 235 g/mol. The van der Waals surface area contributed by atoms with Gasteiger partial charge in [-0.05, 0) is 23.6 Å². The molecule has 3 nitrogen and oxygen atoms in total. The van der Waals surface area contributed by atoms with Gasteiger partial charge in [-0.2, -0.15) is 0 Å². The standard InChI is InChI=1S/C14H21NO2/c1-4-11(5-2)14(17)12-6-8-13(9-7-12)15-10(3)16/h6-9,11,14,17H,4-5H2,1-3H3,(H,15,16). The number of anilines is 1. The molecule has 0 aliphatic carbocycles. The predicted octanol–water partition coefficient (Wildman–Crippen LogP) is 3.11. The highest BCUT2D eigenvalue weighted by atomic mass is 16.3. The highest BCUT2D eigenvalue weighted by Gasteiger charge is 2.17. The fourth-order valence-corrected chi connectivity index (χ4v) is 1.97. The van der Waals surface area contributed by atoms with Crippen LogP contribution in [0.1, 0.15) is 45.3 Å². The Bertz CT molecular complexity index is 355. The zero-order valence-electron chi connectivity index (χ0n) is 10.7. The fourth-order valence-electron chi connectivity index (χ4n) is 1.97. The predicted molar refractivity (Wildman–Crippen MR) is 69.8 cm³/mol. The molecule has 3 heteroatoms. The molecule has 17 heavy (non-hydrogen) atoms. The highest BCUT2D eigenvalue weighted by Crippen LogP contribution is 2.27. The molecule has 1 aromatic rings. The topological polar surface area (TPSA) is 49.3 Å². The van der Waals surface area contributed by atoms with Crippen LogP contribution in [-0.2, 0) is 4.79 Å². The molecule has 0 saturated carbocycles. The van der Waals surface area contributed by atoms with Gasteiger partial charge in [-0.15, -0.1) is 0 Å². The van der Waals surface area contributed by atoms with Crippen LogP contribution < -0.4 is 5.32 Å². The van der Waals surface area contributed by atoms with E-state index in [1.54, 1.807) is 0 Å². The molecular weight excluding hydrogens is 214 g/mol. The molecule has 1 amide bonds. The van der Waals surface area contributed by atoms with Gasteiger partial charge in [-0.1, -0.05) is 38.8 Å². The Morgan fingerprint density at radius 2 is 1.76 bits per heavy atom. The normalized spacial score (nSPS) is 12.5. The van der Waals surface area contributed by atoms with Crippen LogP contribution >= 0.6 is 0 Å². The van der Waals surface area contributed by atoms with E-state index >= 15 is 0 Å². The molecule has 1 aromatic carbocycles. The molecule has 2 N–H and O–H groups in total. The van der Waals surface area contributed by atoms with Crippen molar-refractivity contribution >= 4 is 11.6 Å². The van der Waals surface area contributed by atoms with E-state index in [-0.39, 0.29) is 5.91 Å². The number of carbonyl (C=O) groups excluding carboxylic acids is 1. The van der Waals surface area contributed by atoms with E-state index in [0.29, 0.717) is 5.92 Å².